The van der Waals surface area contributed by atoms with Gasteiger partial charge in [0.2, 0.25) is 10.0 Å². The van der Waals surface area contributed by atoms with Gasteiger partial charge in [-0.2, -0.15) is 0 Å². The minimum absolute atomic E-state index is 0.461. The SMILES string of the molecule is CS(=O)(=O)N1CCC(c2cc(C3CCCC3)cc3[nH]ccc23)CC1. The van der Waals surface area contributed by atoms with E-state index in [1.165, 1.54) is 54.0 Å². The molecule has 2 fully saturated rings. The number of nitrogens with one attached hydrogen (secondary N) is 1. The van der Waals surface area contributed by atoms with E-state index in [2.05, 4.69) is 23.2 Å². The first kappa shape index (κ1) is 16.2. The molecule has 0 spiro atoms. The van der Waals surface area contributed by atoms with Gasteiger partial charge in [-0.3, -0.25) is 0 Å². The molecule has 0 amide bonds. The van der Waals surface area contributed by atoms with Gasteiger partial charge in [-0.15, -0.1) is 0 Å². The van der Waals surface area contributed by atoms with Crippen LogP contribution in [0.3, 0.4) is 0 Å². The zero-order chi connectivity index (χ0) is 16.7. The average Bonchev–Trinajstić information content (AvgIpc) is 3.24. The molecule has 2 aliphatic rings. The van der Waals surface area contributed by atoms with Gasteiger partial charge >= 0.3 is 0 Å². The lowest BCUT2D eigenvalue weighted by Gasteiger charge is -2.31. The summed E-state index contributed by atoms with van der Waals surface area (Å²) < 4.78 is 25.1. The molecule has 130 valence electrons. The number of sulfonamides is 1. The first-order valence-electron chi connectivity index (χ1n) is 9.08. The van der Waals surface area contributed by atoms with Crippen LogP contribution in [-0.4, -0.2) is 37.1 Å². The summed E-state index contributed by atoms with van der Waals surface area (Å²) in [4.78, 5) is 3.39. The van der Waals surface area contributed by atoms with Crippen LogP contribution in [-0.2, 0) is 10.0 Å². The standard InChI is InChI=1S/C19H26N2O2S/c1-24(22,23)21-10-7-15(8-11-21)18-12-16(14-4-2-3-5-14)13-19-17(18)6-9-20-19/h6,9,12-15,20H,2-5,7-8,10-11H2,1H3. The number of benzene rings is 1. The van der Waals surface area contributed by atoms with E-state index in [0.29, 0.717) is 24.9 Å². The van der Waals surface area contributed by atoms with E-state index in [4.69, 9.17) is 0 Å². The molecule has 1 saturated heterocycles. The number of hydrogen-bond donors (Lipinski definition) is 1. The summed E-state index contributed by atoms with van der Waals surface area (Å²) in [6, 6.07) is 6.93. The molecule has 0 bridgehead atoms. The fourth-order valence-corrected chi connectivity index (χ4v) is 5.42. The Morgan fingerprint density at radius 1 is 1.04 bits per heavy atom. The summed E-state index contributed by atoms with van der Waals surface area (Å²) in [5.41, 5.74) is 4.13. The van der Waals surface area contributed by atoms with Crippen molar-refractivity contribution in [1.29, 1.82) is 0 Å². The predicted octanol–water partition coefficient (Wildman–Crippen LogP) is 3.96. The summed E-state index contributed by atoms with van der Waals surface area (Å²) >= 11 is 0. The molecule has 0 atom stereocenters. The van der Waals surface area contributed by atoms with Gasteiger partial charge in [-0.05, 0) is 60.8 Å². The van der Waals surface area contributed by atoms with Gasteiger partial charge in [0.25, 0.3) is 0 Å². The van der Waals surface area contributed by atoms with Crippen molar-refractivity contribution in [2.24, 2.45) is 0 Å². The van der Waals surface area contributed by atoms with Gasteiger partial charge in [0.15, 0.2) is 0 Å². The number of fused-ring (bicyclic) bond motifs is 1. The zero-order valence-electron chi connectivity index (χ0n) is 14.3. The van der Waals surface area contributed by atoms with Gasteiger partial charge in [0.05, 0.1) is 6.26 Å². The molecule has 2 aromatic rings. The normalized spacial score (nSPS) is 21.7. The molecule has 0 radical (unpaired) electrons. The number of aromatic nitrogens is 1. The second kappa shape index (κ2) is 6.19. The summed E-state index contributed by atoms with van der Waals surface area (Å²) in [6.07, 6.45) is 10.5. The summed E-state index contributed by atoms with van der Waals surface area (Å²) in [5, 5.41) is 1.31. The quantitative estimate of drug-likeness (QED) is 0.914. The van der Waals surface area contributed by atoms with E-state index in [0.717, 1.165) is 12.8 Å². The highest BCUT2D eigenvalue weighted by molar-refractivity contribution is 7.88. The second-order valence-electron chi connectivity index (χ2n) is 7.47. The van der Waals surface area contributed by atoms with Crippen molar-refractivity contribution in [3.8, 4) is 0 Å². The number of H-pyrrole nitrogens is 1. The van der Waals surface area contributed by atoms with Crippen LogP contribution < -0.4 is 0 Å². The van der Waals surface area contributed by atoms with E-state index >= 15 is 0 Å². The van der Waals surface area contributed by atoms with Crippen molar-refractivity contribution >= 4 is 20.9 Å². The predicted molar refractivity (Wildman–Crippen MR) is 97.9 cm³/mol. The monoisotopic (exact) mass is 346 g/mol. The molecule has 1 aromatic heterocycles. The van der Waals surface area contributed by atoms with E-state index in [9.17, 15) is 8.42 Å². The van der Waals surface area contributed by atoms with Gasteiger partial charge in [-0.1, -0.05) is 18.9 Å². The molecular formula is C19H26N2O2S. The Labute approximate surface area is 144 Å². The third-order valence-corrected chi connectivity index (χ3v) is 7.22. The van der Waals surface area contributed by atoms with Crippen molar-refractivity contribution < 1.29 is 8.42 Å². The van der Waals surface area contributed by atoms with Crippen LogP contribution in [0.4, 0.5) is 0 Å². The average molecular weight is 346 g/mol. The highest BCUT2D eigenvalue weighted by Crippen LogP contribution is 2.40. The Bertz CT molecular complexity index is 826. The highest BCUT2D eigenvalue weighted by Gasteiger charge is 2.28. The second-order valence-corrected chi connectivity index (χ2v) is 9.45. The molecule has 4 rings (SSSR count). The minimum Gasteiger partial charge on any atom is -0.361 e. The molecule has 1 aromatic carbocycles. The van der Waals surface area contributed by atoms with E-state index in [1.54, 1.807) is 4.31 Å². The van der Waals surface area contributed by atoms with E-state index < -0.39 is 10.0 Å². The van der Waals surface area contributed by atoms with E-state index in [-0.39, 0.29) is 0 Å². The molecule has 2 heterocycles. The lowest BCUT2D eigenvalue weighted by molar-refractivity contribution is 0.322. The van der Waals surface area contributed by atoms with Gasteiger partial charge in [0.1, 0.15) is 0 Å². The molecule has 4 nitrogen and oxygen atoms in total. The summed E-state index contributed by atoms with van der Waals surface area (Å²) in [6.45, 7) is 1.28. The smallest absolute Gasteiger partial charge is 0.211 e. The Hall–Kier alpha value is -1.33. The minimum atomic E-state index is -3.06. The lowest BCUT2D eigenvalue weighted by atomic mass is 9.85. The maximum Gasteiger partial charge on any atom is 0.211 e. The van der Waals surface area contributed by atoms with Crippen molar-refractivity contribution in [3.05, 3.63) is 35.5 Å². The number of hydrogen-bond acceptors (Lipinski definition) is 2. The zero-order valence-corrected chi connectivity index (χ0v) is 15.1. The largest absolute Gasteiger partial charge is 0.361 e. The summed E-state index contributed by atoms with van der Waals surface area (Å²) in [5.74, 6) is 1.16. The third kappa shape index (κ3) is 3.00. The van der Waals surface area contributed by atoms with Crippen molar-refractivity contribution in [2.75, 3.05) is 19.3 Å². The molecule has 5 heteroatoms. The topological polar surface area (TPSA) is 53.2 Å². The van der Waals surface area contributed by atoms with Crippen molar-refractivity contribution in [2.45, 2.75) is 50.4 Å². The van der Waals surface area contributed by atoms with E-state index in [1.807, 2.05) is 6.20 Å². The molecular weight excluding hydrogens is 320 g/mol. The van der Waals surface area contributed by atoms with Crippen molar-refractivity contribution in [3.63, 3.8) is 0 Å². The molecule has 1 aliphatic heterocycles. The third-order valence-electron chi connectivity index (χ3n) is 5.91. The van der Waals surface area contributed by atoms with Gasteiger partial charge < -0.3 is 4.98 Å². The maximum atomic E-state index is 11.7. The van der Waals surface area contributed by atoms with Crippen LogP contribution in [0, 0.1) is 0 Å². The van der Waals surface area contributed by atoms with Crippen LogP contribution in [0.1, 0.15) is 61.5 Å². The number of piperidine rings is 1. The number of aromatic amines is 1. The Kier molecular flexibility index (Phi) is 4.17. The molecule has 0 unspecified atom stereocenters. The first-order chi connectivity index (χ1) is 11.5. The van der Waals surface area contributed by atoms with Crippen molar-refractivity contribution in [1.82, 2.24) is 9.29 Å². The van der Waals surface area contributed by atoms with Gasteiger partial charge in [-0.25, -0.2) is 12.7 Å². The summed E-state index contributed by atoms with van der Waals surface area (Å²) in [7, 11) is -3.06. The molecule has 24 heavy (non-hydrogen) atoms. The Balaban J connectivity index is 1.65. The first-order valence-corrected chi connectivity index (χ1v) is 10.9. The van der Waals surface area contributed by atoms with Crippen LogP contribution >= 0.6 is 0 Å². The van der Waals surface area contributed by atoms with Gasteiger partial charge in [0, 0.05) is 30.2 Å². The maximum absolute atomic E-state index is 11.7. The van der Waals surface area contributed by atoms with Crippen LogP contribution in [0.25, 0.3) is 10.9 Å². The molecule has 1 aliphatic carbocycles. The lowest BCUT2D eigenvalue weighted by Crippen LogP contribution is -2.37. The van der Waals surface area contributed by atoms with Crippen LogP contribution in [0.2, 0.25) is 0 Å². The fourth-order valence-electron chi connectivity index (χ4n) is 4.55. The highest BCUT2D eigenvalue weighted by atomic mass is 32.2. The Morgan fingerprint density at radius 3 is 2.42 bits per heavy atom. The molecule has 1 saturated carbocycles. The van der Waals surface area contributed by atoms with Crippen LogP contribution in [0.5, 0.6) is 0 Å². The van der Waals surface area contributed by atoms with Crippen LogP contribution in [0.15, 0.2) is 24.4 Å². The fraction of sp³-hybridized carbons (Fsp3) is 0.579. The Morgan fingerprint density at radius 2 is 1.75 bits per heavy atom. The molecule has 1 N–H and O–H groups in total. The number of nitrogens with zero attached hydrogens (tertiary/aromatic N) is 1. The number of rotatable bonds is 3.